The topological polar surface area (TPSA) is 117 Å². The summed E-state index contributed by atoms with van der Waals surface area (Å²) in [5.41, 5.74) is 1.60. The number of hydrogen-bond donors (Lipinski definition) is 1. The maximum absolute atomic E-state index is 13.0. The lowest BCUT2D eigenvalue weighted by molar-refractivity contribution is -0.145. The zero-order valence-corrected chi connectivity index (χ0v) is 18.3. The zero-order valence-electron chi connectivity index (χ0n) is 18.3. The number of esters is 1. The van der Waals surface area contributed by atoms with Crippen LogP contribution in [0.4, 0.5) is 0 Å². The number of carbonyl (C=O) groups excluding carboxylic acids is 3. The molecule has 1 aliphatic heterocycles. The van der Waals surface area contributed by atoms with Crippen LogP contribution in [0.3, 0.4) is 0 Å². The Morgan fingerprint density at radius 1 is 1.34 bits per heavy atom. The van der Waals surface area contributed by atoms with E-state index in [1.54, 1.807) is 36.2 Å². The third-order valence-corrected chi connectivity index (χ3v) is 5.47. The molecule has 8 heteroatoms. The molecular weight excluding hydrogens is 412 g/mol. The minimum Gasteiger partial charge on any atom is -0.507 e. The van der Waals surface area contributed by atoms with Crippen molar-refractivity contribution >= 4 is 17.5 Å². The SMILES string of the molecule is CCOC(=O)COc1cc(O)c(C(=O)CN2C=C3C=CC(C#N)C(=O)C3C2)cc1C(C)C. The predicted octanol–water partition coefficient (Wildman–Crippen LogP) is 2.73. The highest BCUT2D eigenvalue weighted by molar-refractivity contribution is 6.01. The van der Waals surface area contributed by atoms with E-state index in [2.05, 4.69) is 0 Å². The number of benzene rings is 1. The number of phenolic OH excluding ortho intramolecular Hbond substituents is 1. The van der Waals surface area contributed by atoms with Crippen molar-refractivity contribution in [2.75, 3.05) is 26.3 Å². The van der Waals surface area contributed by atoms with Crippen LogP contribution in [-0.2, 0) is 14.3 Å². The zero-order chi connectivity index (χ0) is 23.4. The summed E-state index contributed by atoms with van der Waals surface area (Å²) in [6.07, 6.45) is 5.09. The molecule has 2 atom stereocenters. The van der Waals surface area contributed by atoms with Crippen LogP contribution in [0.1, 0.15) is 42.6 Å². The van der Waals surface area contributed by atoms with Gasteiger partial charge in [-0.2, -0.15) is 5.26 Å². The summed E-state index contributed by atoms with van der Waals surface area (Å²) in [6, 6.07) is 4.90. The molecular formula is C24H26N2O6. The lowest BCUT2D eigenvalue weighted by atomic mass is 9.84. The van der Waals surface area contributed by atoms with Gasteiger partial charge in [-0.05, 0) is 30.0 Å². The van der Waals surface area contributed by atoms with Crippen LogP contribution in [0.5, 0.6) is 11.5 Å². The standard InChI is InChI=1S/C24H26N2O6/c1-4-31-23(29)13-32-22-8-20(27)18(7-17(22)14(2)3)21(28)12-26-10-16-6-5-15(9-25)24(30)19(16)11-26/h5-8,10,14-15,19,27H,4,11-13H2,1-3H3. The number of carbonyl (C=O) groups is 3. The summed E-state index contributed by atoms with van der Waals surface area (Å²) in [5, 5.41) is 19.6. The highest BCUT2D eigenvalue weighted by Crippen LogP contribution is 2.35. The van der Waals surface area contributed by atoms with Gasteiger partial charge < -0.3 is 19.5 Å². The first-order valence-corrected chi connectivity index (χ1v) is 10.5. The molecule has 0 fully saturated rings. The molecule has 32 heavy (non-hydrogen) atoms. The molecule has 168 valence electrons. The molecule has 8 nitrogen and oxygen atoms in total. The molecule has 1 aliphatic carbocycles. The summed E-state index contributed by atoms with van der Waals surface area (Å²) < 4.78 is 10.4. The van der Waals surface area contributed by atoms with E-state index in [1.165, 1.54) is 6.07 Å². The average Bonchev–Trinajstić information content (AvgIpc) is 3.15. The summed E-state index contributed by atoms with van der Waals surface area (Å²) in [7, 11) is 0. The number of ketones is 2. The van der Waals surface area contributed by atoms with E-state index in [0.29, 0.717) is 17.9 Å². The highest BCUT2D eigenvalue weighted by atomic mass is 16.6. The van der Waals surface area contributed by atoms with Gasteiger partial charge >= 0.3 is 5.97 Å². The molecule has 1 heterocycles. The number of phenols is 1. The monoisotopic (exact) mass is 438 g/mol. The molecule has 2 unspecified atom stereocenters. The van der Waals surface area contributed by atoms with Gasteiger partial charge in [0.1, 0.15) is 17.4 Å². The second-order valence-corrected chi connectivity index (χ2v) is 8.06. The molecule has 1 aromatic rings. The van der Waals surface area contributed by atoms with Crippen molar-refractivity contribution in [1.82, 2.24) is 4.90 Å². The molecule has 0 bridgehead atoms. The highest BCUT2D eigenvalue weighted by Gasteiger charge is 2.36. The van der Waals surface area contributed by atoms with Gasteiger partial charge in [-0.3, -0.25) is 9.59 Å². The van der Waals surface area contributed by atoms with Gasteiger partial charge in [0.05, 0.1) is 30.7 Å². The maximum Gasteiger partial charge on any atom is 0.344 e. The summed E-state index contributed by atoms with van der Waals surface area (Å²) in [5.74, 6) is -2.13. The maximum atomic E-state index is 13.0. The Bertz CT molecular complexity index is 1030. The van der Waals surface area contributed by atoms with Gasteiger partial charge in [0.15, 0.2) is 18.2 Å². The van der Waals surface area contributed by atoms with Gasteiger partial charge in [0.25, 0.3) is 0 Å². The molecule has 0 saturated heterocycles. The third kappa shape index (κ3) is 4.83. The fourth-order valence-electron chi connectivity index (χ4n) is 3.84. The molecule has 0 saturated carbocycles. The molecule has 0 radical (unpaired) electrons. The Morgan fingerprint density at radius 3 is 2.75 bits per heavy atom. The number of Topliss-reactive ketones (excluding diaryl/α,β-unsaturated/α-hetero) is 2. The van der Waals surface area contributed by atoms with Crippen LogP contribution in [0, 0.1) is 23.2 Å². The number of ether oxygens (including phenoxy) is 2. The second-order valence-electron chi connectivity index (χ2n) is 8.06. The van der Waals surface area contributed by atoms with Crippen molar-refractivity contribution in [1.29, 1.82) is 5.26 Å². The average molecular weight is 438 g/mol. The van der Waals surface area contributed by atoms with Crippen molar-refractivity contribution in [3.8, 4) is 17.6 Å². The Morgan fingerprint density at radius 2 is 2.09 bits per heavy atom. The van der Waals surface area contributed by atoms with Gasteiger partial charge in [-0.1, -0.05) is 26.0 Å². The van der Waals surface area contributed by atoms with Crippen LogP contribution in [0.15, 0.2) is 36.1 Å². The van der Waals surface area contributed by atoms with Gasteiger partial charge in [0, 0.05) is 18.8 Å². The molecule has 0 amide bonds. The van der Waals surface area contributed by atoms with Crippen molar-refractivity contribution in [3.05, 3.63) is 47.2 Å². The van der Waals surface area contributed by atoms with E-state index in [9.17, 15) is 19.5 Å². The van der Waals surface area contributed by atoms with Gasteiger partial charge in [-0.25, -0.2) is 4.79 Å². The largest absolute Gasteiger partial charge is 0.507 e. The normalized spacial score (nSPS) is 19.4. The predicted molar refractivity (Wildman–Crippen MR) is 115 cm³/mol. The first-order chi connectivity index (χ1) is 15.2. The van der Waals surface area contributed by atoms with Crippen LogP contribution < -0.4 is 4.74 Å². The minimum absolute atomic E-state index is 0.0214. The van der Waals surface area contributed by atoms with Crippen LogP contribution >= 0.6 is 0 Å². The first-order valence-electron chi connectivity index (χ1n) is 10.5. The molecule has 1 N–H and O–H groups in total. The lowest BCUT2D eigenvalue weighted by Crippen LogP contribution is -2.31. The number of nitriles is 1. The van der Waals surface area contributed by atoms with Gasteiger partial charge in [0.2, 0.25) is 0 Å². The lowest BCUT2D eigenvalue weighted by Gasteiger charge is -2.20. The quantitative estimate of drug-likeness (QED) is 0.486. The van der Waals surface area contributed by atoms with Crippen LogP contribution in [0.25, 0.3) is 0 Å². The molecule has 2 aliphatic rings. The number of hydrogen-bond acceptors (Lipinski definition) is 8. The molecule has 1 aromatic carbocycles. The Hall–Kier alpha value is -3.60. The summed E-state index contributed by atoms with van der Waals surface area (Å²) >= 11 is 0. The smallest absolute Gasteiger partial charge is 0.344 e. The van der Waals surface area contributed by atoms with Crippen molar-refractivity contribution in [3.63, 3.8) is 0 Å². The third-order valence-electron chi connectivity index (χ3n) is 5.47. The second kappa shape index (κ2) is 9.69. The number of rotatable bonds is 8. The van der Waals surface area contributed by atoms with E-state index in [1.807, 2.05) is 19.9 Å². The summed E-state index contributed by atoms with van der Waals surface area (Å²) in [4.78, 5) is 38.7. The van der Waals surface area contributed by atoms with Gasteiger partial charge in [-0.15, -0.1) is 0 Å². The molecule has 0 aromatic heterocycles. The van der Waals surface area contributed by atoms with Crippen molar-refractivity contribution < 1.29 is 29.0 Å². The summed E-state index contributed by atoms with van der Waals surface area (Å²) in [6.45, 7) is 5.77. The molecule has 0 spiro atoms. The Kier molecular flexibility index (Phi) is 6.98. The number of nitrogens with zero attached hydrogens (tertiary/aromatic N) is 2. The number of fused-ring (bicyclic) bond motifs is 1. The minimum atomic E-state index is -0.757. The van der Waals surface area contributed by atoms with E-state index in [-0.39, 0.29) is 48.6 Å². The van der Waals surface area contributed by atoms with Crippen LogP contribution in [-0.4, -0.2) is 53.8 Å². The fraction of sp³-hybridized carbons (Fsp3) is 0.417. The number of allylic oxidation sites excluding steroid dienone is 2. The van der Waals surface area contributed by atoms with E-state index < -0.39 is 17.8 Å². The molecule has 3 rings (SSSR count). The Labute approximate surface area is 186 Å². The van der Waals surface area contributed by atoms with E-state index in [0.717, 1.165) is 5.57 Å². The fourth-order valence-corrected chi connectivity index (χ4v) is 3.84. The van der Waals surface area contributed by atoms with Crippen molar-refractivity contribution in [2.45, 2.75) is 26.7 Å². The van der Waals surface area contributed by atoms with E-state index >= 15 is 0 Å². The first kappa shape index (κ1) is 23.1. The van der Waals surface area contributed by atoms with E-state index in [4.69, 9.17) is 14.7 Å². The Balaban J connectivity index is 1.75. The van der Waals surface area contributed by atoms with Crippen LogP contribution in [0.2, 0.25) is 0 Å². The van der Waals surface area contributed by atoms with Crippen molar-refractivity contribution in [2.24, 2.45) is 11.8 Å². The number of aromatic hydroxyl groups is 1.